The number of hydrogen-bond donors (Lipinski definition) is 3. The van der Waals surface area contributed by atoms with Crippen LogP contribution in [0.15, 0.2) is 36.4 Å². The molecule has 1 aliphatic heterocycles. The third-order valence-electron chi connectivity index (χ3n) is 4.04. The first-order valence-corrected chi connectivity index (χ1v) is 7.83. The predicted molar refractivity (Wildman–Crippen MR) is 91.1 cm³/mol. The van der Waals surface area contributed by atoms with Crippen molar-refractivity contribution in [2.45, 2.75) is 0 Å². The van der Waals surface area contributed by atoms with Gasteiger partial charge in [-0.05, 0) is 36.4 Å². The highest BCUT2D eigenvalue weighted by molar-refractivity contribution is 6.05. The van der Waals surface area contributed by atoms with Gasteiger partial charge in [0, 0.05) is 18.8 Å². The Morgan fingerprint density at radius 2 is 2.04 bits per heavy atom. The maximum absolute atomic E-state index is 14.1. The van der Waals surface area contributed by atoms with Gasteiger partial charge in [0.2, 0.25) is 5.95 Å². The van der Waals surface area contributed by atoms with E-state index in [1.54, 1.807) is 0 Å². The normalized spacial score (nSPS) is 13.9. The number of hydrogen-bond acceptors (Lipinski definition) is 3. The topological polar surface area (TPSA) is 90.1 Å². The fourth-order valence-electron chi connectivity index (χ4n) is 2.79. The molecule has 2 aromatic carbocycles. The van der Waals surface area contributed by atoms with Crippen molar-refractivity contribution >= 4 is 34.6 Å². The Morgan fingerprint density at radius 3 is 2.81 bits per heavy atom. The van der Waals surface area contributed by atoms with E-state index in [4.69, 9.17) is 0 Å². The summed E-state index contributed by atoms with van der Waals surface area (Å²) in [5, 5.41) is 5.09. The van der Waals surface area contributed by atoms with Crippen LogP contribution in [-0.4, -0.2) is 35.0 Å². The van der Waals surface area contributed by atoms with Crippen molar-refractivity contribution in [2.75, 3.05) is 23.3 Å². The van der Waals surface area contributed by atoms with Crippen molar-refractivity contribution in [3.05, 3.63) is 53.6 Å². The molecule has 0 atom stereocenters. The van der Waals surface area contributed by atoms with E-state index in [2.05, 4.69) is 20.6 Å². The second-order valence-electron chi connectivity index (χ2n) is 5.75. The number of urea groups is 1. The fourth-order valence-corrected chi connectivity index (χ4v) is 2.79. The number of fused-ring (bicyclic) bond motifs is 1. The summed E-state index contributed by atoms with van der Waals surface area (Å²) in [7, 11) is 0. The van der Waals surface area contributed by atoms with Crippen molar-refractivity contribution < 1.29 is 18.4 Å². The van der Waals surface area contributed by atoms with Crippen molar-refractivity contribution in [1.82, 2.24) is 15.3 Å². The molecule has 1 aromatic heterocycles. The number of rotatable bonds is 3. The second-order valence-corrected chi connectivity index (χ2v) is 5.75. The summed E-state index contributed by atoms with van der Waals surface area (Å²) in [5.74, 6) is -1.84. The highest BCUT2D eigenvalue weighted by Crippen LogP contribution is 2.22. The van der Waals surface area contributed by atoms with Gasteiger partial charge in [-0.15, -0.1) is 0 Å². The Kier molecular flexibility index (Phi) is 3.76. The molecule has 3 aromatic rings. The van der Waals surface area contributed by atoms with E-state index in [0.717, 1.165) is 6.07 Å². The van der Waals surface area contributed by atoms with Crippen LogP contribution in [0.5, 0.6) is 0 Å². The number of nitrogens with one attached hydrogen (secondary N) is 3. The van der Waals surface area contributed by atoms with Gasteiger partial charge in [0.05, 0.1) is 16.6 Å². The Hall–Kier alpha value is -3.49. The van der Waals surface area contributed by atoms with Gasteiger partial charge in [-0.2, -0.15) is 0 Å². The van der Waals surface area contributed by atoms with Gasteiger partial charge in [-0.25, -0.2) is 18.6 Å². The zero-order chi connectivity index (χ0) is 18.3. The van der Waals surface area contributed by atoms with Crippen LogP contribution < -0.4 is 15.5 Å². The summed E-state index contributed by atoms with van der Waals surface area (Å²) in [5.41, 5.74) is 1.06. The molecule has 0 bridgehead atoms. The summed E-state index contributed by atoms with van der Waals surface area (Å²) in [4.78, 5) is 32.4. The predicted octanol–water partition coefficient (Wildman–Crippen LogP) is 2.62. The summed E-state index contributed by atoms with van der Waals surface area (Å²) >= 11 is 0. The second kappa shape index (κ2) is 6.10. The molecule has 0 radical (unpaired) electrons. The van der Waals surface area contributed by atoms with E-state index >= 15 is 0 Å². The highest BCUT2D eigenvalue weighted by Gasteiger charge is 2.23. The van der Waals surface area contributed by atoms with E-state index < -0.39 is 17.5 Å². The number of carbonyl (C=O) groups excluding carboxylic acids is 2. The maximum Gasteiger partial charge on any atom is 0.321 e. The molecule has 9 heteroatoms. The number of benzene rings is 2. The first-order chi connectivity index (χ1) is 12.5. The largest absolute Gasteiger partial charge is 0.336 e. The van der Waals surface area contributed by atoms with Gasteiger partial charge >= 0.3 is 6.03 Å². The number of amides is 3. The minimum Gasteiger partial charge on any atom is -0.336 e. The third-order valence-corrected chi connectivity index (χ3v) is 4.04. The molecule has 0 aliphatic carbocycles. The first-order valence-electron chi connectivity index (χ1n) is 7.83. The maximum atomic E-state index is 14.1. The zero-order valence-electron chi connectivity index (χ0n) is 13.3. The van der Waals surface area contributed by atoms with E-state index in [9.17, 15) is 18.4 Å². The number of aromatic amines is 1. The molecule has 3 amide bonds. The lowest BCUT2D eigenvalue weighted by Gasteiger charge is -2.15. The summed E-state index contributed by atoms with van der Waals surface area (Å²) < 4.78 is 27.3. The van der Waals surface area contributed by atoms with Gasteiger partial charge in [0.15, 0.2) is 0 Å². The molecule has 0 saturated carbocycles. The number of halogens is 2. The molecule has 3 N–H and O–H groups in total. The quantitative estimate of drug-likeness (QED) is 0.673. The van der Waals surface area contributed by atoms with Crippen LogP contribution in [0.4, 0.5) is 25.2 Å². The molecule has 0 unspecified atom stereocenters. The average Bonchev–Trinajstić information content (AvgIpc) is 3.20. The van der Waals surface area contributed by atoms with Crippen molar-refractivity contribution in [1.29, 1.82) is 0 Å². The van der Waals surface area contributed by atoms with Gasteiger partial charge < -0.3 is 10.3 Å². The van der Waals surface area contributed by atoms with E-state index in [1.807, 2.05) is 0 Å². The molecule has 4 rings (SSSR count). The van der Waals surface area contributed by atoms with Crippen molar-refractivity contribution in [3.63, 3.8) is 0 Å². The molecule has 132 valence electrons. The van der Waals surface area contributed by atoms with Gasteiger partial charge in [-0.1, -0.05) is 0 Å². The van der Waals surface area contributed by atoms with Crippen LogP contribution in [0.2, 0.25) is 0 Å². The molecule has 7 nitrogen and oxygen atoms in total. The molecular formula is C17H13F2N5O2. The molecule has 1 fully saturated rings. The Labute approximate surface area is 146 Å². The Bertz CT molecular complexity index is 1030. The van der Waals surface area contributed by atoms with Crippen LogP contribution in [-0.2, 0) is 0 Å². The number of nitrogens with zero attached hydrogens (tertiary/aromatic N) is 2. The van der Waals surface area contributed by atoms with Gasteiger partial charge in [0.1, 0.15) is 11.6 Å². The molecule has 0 spiro atoms. The molecule has 1 saturated heterocycles. The molecule has 26 heavy (non-hydrogen) atoms. The SMILES string of the molecule is O=C(Nc1nc2ccc(F)cc2[nH]1)c1cc(N2CCNC2=O)ccc1F. The molecular weight excluding hydrogens is 344 g/mol. The van der Waals surface area contributed by atoms with Crippen LogP contribution in [0.1, 0.15) is 10.4 Å². The number of imidazole rings is 1. The van der Waals surface area contributed by atoms with Crippen LogP contribution in [0.25, 0.3) is 11.0 Å². The monoisotopic (exact) mass is 357 g/mol. The Morgan fingerprint density at radius 1 is 1.19 bits per heavy atom. The summed E-state index contributed by atoms with van der Waals surface area (Å²) in [6, 6.07) is 7.51. The Balaban J connectivity index is 1.61. The van der Waals surface area contributed by atoms with E-state index in [0.29, 0.717) is 29.8 Å². The van der Waals surface area contributed by atoms with Gasteiger partial charge in [0.25, 0.3) is 5.91 Å². The minimum absolute atomic E-state index is 0.0688. The third kappa shape index (κ3) is 2.83. The number of H-pyrrole nitrogens is 1. The summed E-state index contributed by atoms with van der Waals surface area (Å²) in [6.07, 6.45) is 0. The fraction of sp³-hybridized carbons (Fsp3) is 0.118. The highest BCUT2D eigenvalue weighted by atomic mass is 19.1. The summed E-state index contributed by atoms with van der Waals surface area (Å²) in [6.45, 7) is 0.911. The average molecular weight is 357 g/mol. The number of carbonyl (C=O) groups is 2. The van der Waals surface area contributed by atoms with Crippen molar-refractivity contribution in [3.8, 4) is 0 Å². The smallest absolute Gasteiger partial charge is 0.321 e. The van der Waals surface area contributed by atoms with E-state index in [-0.39, 0.29) is 17.5 Å². The lowest BCUT2D eigenvalue weighted by Crippen LogP contribution is -2.28. The lowest BCUT2D eigenvalue weighted by molar-refractivity contribution is 0.102. The zero-order valence-corrected chi connectivity index (χ0v) is 13.3. The van der Waals surface area contributed by atoms with Crippen LogP contribution in [0, 0.1) is 11.6 Å². The number of anilines is 2. The van der Waals surface area contributed by atoms with Crippen molar-refractivity contribution in [2.24, 2.45) is 0 Å². The minimum atomic E-state index is -0.733. The van der Waals surface area contributed by atoms with Crippen LogP contribution in [0.3, 0.4) is 0 Å². The lowest BCUT2D eigenvalue weighted by atomic mass is 10.1. The van der Waals surface area contributed by atoms with Gasteiger partial charge in [-0.3, -0.25) is 15.0 Å². The van der Waals surface area contributed by atoms with E-state index in [1.165, 1.54) is 35.2 Å². The number of aromatic nitrogens is 2. The standard InChI is InChI=1S/C17H13F2N5O2/c18-9-1-4-13-14(7-9)22-16(21-13)23-15(25)11-8-10(2-3-12(11)19)24-6-5-20-17(24)26/h1-4,7-8H,5-6H2,(H,20,26)(H2,21,22,23,25). The first kappa shape index (κ1) is 16.0. The molecule has 1 aliphatic rings. The molecule has 2 heterocycles. The van der Waals surface area contributed by atoms with Crippen LogP contribution >= 0.6 is 0 Å².